The molecule has 1 aliphatic heterocycles. The highest BCUT2D eigenvalue weighted by molar-refractivity contribution is 7.88. The predicted octanol–water partition coefficient (Wildman–Crippen LogP) is 0.277. The molecule has 0 aromatic heterocycles. The maximum Gasteiger partial charge on any atom is 0.410 e. The number of rotatable bonds is 0. The van der Waals surface area contributed by atoms with E-state index in [0.29, 0.717) is 0 Å². The van der Waals surface area contributed by atoms with Gasteiger partial charge in [0.05, 0.1) is 6.61 Å². The van der Waals surface area contributed by atoms with Crippen molar-refractivity contribution >= 4 is 10.1 Å². The summed E-state index contributed by atoms with van der Waals surface area (Å²) in [4.78, 5) is 0. The number of halogens is 3. The molecular weight excluding hydrogens is 173 g/mol. The minimum absolute atomic E-state index is 0.772. The Hall–Kier alpha value is -0.300. The molecule has 0 aromatic rings. The molecule has 1 saturated heterocycles. The minimum atomic E-state index is -4.68. The molecule has 0 aliphatic carbocycles. The normalized spacial score (nSPS) is 31.3. The zero-order valence-corrected chi connectivity index (χ0v) is 5.37. The van der Waals surface area contributed by atoms with Gasteiger partial charge < -0.3 is 0 Å². The fourth-order valence-corrected chi connectivity index (χ4v) is 1.33. The van der Waals surface area contributed by atoms with Gasteiger partial charge >= 0.3 is 6.18 Å². The Labute approximate surface area is 54.9 Å². The lowest BCUT2D eigenvalue weighted by Crippen LogP contribution is -2.50. The van der Waals surface area contributed by atoms with Crippen LogP contribution in [0.2, 0.25) is 0 Å². The van der Waals surface area contributed by atoms with Crippen LogP contribution in [0.15, 0.2) is 0 Å². The van der Waals surface area contributed by atoms with Gasteiger partial charge in [0, 0.05) is 0 Å². The molecule has 1 unspecified atom stereocenters. The second-order valence-corrected chi connectivity index (χ2v) is 3.60. The topological polar surface area (TPSA) is 43.4 Å². The Kier molecular flexibility index (Phi) is 1.44. The highest BCUT2D eigenvalue weighted by Gasteiger charge is 2.56. The standard InChI is InChI=1S/C3H3F3O3S/c4-3(5,6)2-1-9-10(2,7)8/h2H,1H2. The number of hydrogen-bond donors (Lipinski definition) is 0. The SMILES string of the molecule is O=S1(=O)OCC1C(F)(F)F. The van der Waals surface area contributed by atoms with Crippen molar-refractivity contribution in [2.45, 2.75) is 11.4 Å². The first-order valence-corrected chi connectivity index (χ1v) is 3.76. The van der Waals surface area contributed by atoms with Crippen LogP contribution in [0.3, 0.4) is 0 Å². The second-order valence-electron chi connectivity index (χ2n) is 1.81. The average molecular weight is 176 g/mol. The van der Waals surface area contributed by atoms with Crippen molar-refractivity contribution in [3.63, 3.8) is 0 Å². The highest BCUT2D eigenvalue weighted by Crippen LogP contribution is 2.33. The van der Waals surface area contributed by atoms with Crippen LogP contribution in [0.1, 0.15) is 0 Å². The van der Waals surface area contributed by atoms with Gasteiger partial charge in [-0.1, -0.05) is 0 Å². The molecule has 1 rings (SSSR count). The average Bonchev–Trinajstić information content (AvgIpc) is 1.58. The zero-order valence-electron chi connectivity index (χ0n) is 4.55. The fraction of sp³-hybridized carbons (Fsp3) is 1.00. The molecule has 1 aliphatic rings. The lowest BCUT2D eigenvalue weighted by atomic mass is 10.4. The van der Waals surface area contributed by atoms with Gasteiger partial charge in [0.1, 0.15) is 0 Å². The Morgan fingerprint density at radius 1 is 1.40 bits per heavy atom. The molecule has 0 bridgehead atoms. The summed E-state index contributed by atoms with van der Waals surface area (Å²) in [6, 6.07) is 0. The Morgan fingerprint density at radius 3 is 1.90 bits per heavy atom. The van der Waals surface area contributed by atoms with Crippen LogP contribution in [0.4, 0.5) is 13.2 Å². The molecule has 10 heavy (non-hydrogen) atoms. The van der Waals surface area contributed by atoms with E-state index in [1.807, 2.05) is 0 Å². The molecule has 1 fully saturated rings. The smallest absolute Gasteiger partial charge is 0.268 e. The van der Waals surface area contributed by atoms with Gasteiger partial charge in [-0.15, -0.1) is 0 Å². The molecule has 0 saturated carbocycles. The van der Waals surface area contributed by atoms with Gasteiger partial charge in [-0.3, -0.25) is 4.18 Å². The van der Waals surface area contributed by atoms with E-state index in [4.69, 9.17) is 0 Å². The highest BCUT2D eigenvalue weighted by atomic mass is 32.2. The van der Waals surface area contributed by atoms with Gasteiger partial charge in [-0.25, -0.2) is 0 Å². The van der Waals surface area contributed by atoms with Gasteiger partial charge in [0.2, 0.25) is 5.25 Å². The lowest BCUT2D eigenvalue weighted by Gasteiger charge is -2.26. The van der Waals surface area contributed by atoms with Crippen molar-refractivity contribution in [1.82, 2.24) is 0 Å². The van der Waals surface area contributed by atoms with Crippen molar-refractivity contribution in [3.05, 3.63) is 0 Å². The van der Waals surface area contributed by atoms with E-state index in [2.05, 4.69) is 4.18 Å². The third-order valence-corrected chi connectivity index (χ3v) is 2.66. The van der Waals surface area contributed by atoms with Crippen LogP contribution in [0, 0.1) is 0 Å². The van der Waals surface area contributed by atoms with E-state index in [1.54, 1.807) is 0 Å². The molecule has 0 radical (unpaired) electrons. The van der Waals surface area contributed by atoms with Crippen molar-refractivity contribution in [2.24, 2.45) is 0 Å². The fourth-order valence-electron chi connectivity index (χ4n) is 0.505. The summed E-state index contributed by atoms with van der Waals surface area (Å²) in [5, 5.41) is -2.31. The summed E-state index contributed by atoms with van der Waals surface area (Å²) < 4.78 is 58.6. The van der Waals surface area contributed by atoms with Crippen LogP contribution >= 0.6 is 0 Å². The van der Waals surface area contributed by atoms with Crippen LogP contribution < -0.4 is 0 Å². The molecule has 60 valence electrons. The molecule has 1 heterocycles. The zero-order chi connectivity index (χ0) is 7.99. The Balaban J connectivity index is 2.80. The van der Waals surface area contributed by atoms with Gasteiger partial charge in [0.15, 0.2) is 0 Å². The van der Waals surface area contributed by atoms with Crippen molar-refractivity contribution in [1.29, 1.82) is 0 Å². The van der Waals surface area contributed by atoms with Crippen LogP contribution in [0.5, 0.6) is 0 Å². The summed E-state index contributed by atoms with van der Waals surface area (Å²) in [5.41, 5.74) is 0. The maximum absolute atomic E-state index is 11.5. The molecule has 0 aromatic carbocycles. The van der Waals surface area contributed by atoms with Crippen LogP contribution in [0.25, 0.3) is 0 Å². The van der Waals surface area contributed by atoms with Gasteiger partial charge in [0.25, 0.3) is 10.1 Å². The van der Waals surface area contributed by atoms with Crippen LogP contribution in [-0.4, -0.2) is 26.5 Å². The molecule has 7 heteroatoms. The second kappa shape index (κ2) is 1.85. The molecule has 0 N–H and O–H groups in total. The monoisotopic (exact) mass is 176 g/mol. The Bertz CT molecular complexity index is 228. The molecule has 0 spiro atoms. The van der Waals surface area contributed by atoms with Crippen molar-refractivity contribution in [3.8, 4) is 0 Å². The third-order valence-electron chi connectivity index (χ3n) is 1.10. The first-order chi connectivity index (χ1) is 4.34. The molecule has 0 amide bonds. The summed E-state index contributed by atoms with van der Waals surface area (Å²) in [6.07, 6.45) is -4.68. The summed E-state index contributed by atoms with van der Waals surface area (Å²) in [5.74, 6) is 0. The van der Waals surface area contributed by atoms with E-state index in [-0.39, 0.29) is 0 Å². The Morgan fingerprint density at radius 2 is 1.90 bits per heavy atom. The van der Waals surface area contributed by atoms with Gasteiger partial charge in [-0.05, 0) is 0 Å². The van der Waals surface area contributed by atoms with E-state index in [9.17, 15) is 21.6 Å². The molecule has 1 atom stereocenters. The van der Waals surface area contributed by atoms with E-state index in [1.165, 1.54) is 0 Å². The number of hydrogen-bond acceptors (Lipinski definition) is 3. The summed E-state index contributed by atoms with van der Waals surface area (Å²) >= 11 is 0. The summed E-state index contributed by atoms with van der Waals surface area (Å²) in [7, 11) is -4.30. The minimum Gasteiger partial charge on any atom is -0.268 e. The largest absolute Gasteiger partial charge is 0.410 e. The lowest BCUT2D eigenvalue weighted by molar-refractivity contribution is -0.146. The van der Waals surface area contributed by atoms with Crippen molar-refractivity contribution < 1.29 is 25.8 Å². The van der Waals surface area contributed by atoms with E-state index >= 15 is 0 Å². The molecular formula is C3H3F3O3S. The van der Waals surface area contributed by atoms with E-state index in [0.717, 1.165) is 0 Å². The van der Waals surface area contributed by atoms with Crippen molar-refractivity contribution in [2.75, 3.05) is 6.61 Å². The number of alkyl halides is 3. The predicted molar refractivity (Wildman–Crippen MR) is 24.7 cm³/mol. The summed E-state index contributed by atoms with van der Waals surface area (Å²) in [6.45, 7) is -0.772. The third kappa shape index (κ3) is 1.10. The quantitative estimate of drug-likeness (QED) is 0.498. The van der Waals surface area contributed by atoms with Gasteiger partial charge in [-0.2, -0.15) is 21.6 Å². The maximum atomic E-state index is 11.5. The van der Waals surface area contributed by atoms with E-state index < -0.39 is 28.2 Å². The first-order valence-electron chi connectivity index (χ1n) is 2.29. The first kappa shape index (κ1) is 7.80. The van der Waals surface area contributed by atoms with Crippen LogP contribution in [-0.2, 0) is 14.3 Å². The molecule has 3 nitrogen and oxygen atoms in total.